The first-order valence-corrected chi connectivity index (χ1v) is 5.52. The zero-order chi connectivity index (χ0) is 10.3. The molecule has 2 saturated heterocycles. The van der Waals surface area contributed by atoms with E-state index in [0.717, 1.165) is 17.8 Å². The van der Waals surface area contributed by atoms with Crippen LogP contribution in [0.25, 0.3) is 0 Å². The molecule has 0 spiro atoms. The minimum atomic E-state index is 0.386. The van der Waals surface area contributed by atoms with E-state index in [0.29, 0.717) is 18.2 Å². The summed E-state index contributed by atoms with van der Waals surface area (Å²) in [5.74, 6) is 0.871. The Bertz CT molecular complexity index is 369. The molecule has 0 radical (unpaired) electrons. The van der Waals surface area contributed by atoms with Gasteiger partial charge in [-0.2, -0.15) is 5.10 Å². The second-order valence-electron chi connectivity index (χ2n) is 4.48. The van der Waals surface area contributed by atoms with Gasteiger partial charge >= 0.3 is 0 Å². The van der Waals surface area contributed by atoms with Gasteiger partial charge in [0.05, 0.1) is 24.4 Å². The van der Waals surface area contributed by atoms with Gasteiger partial charge in [-0.25, -0.2) is 0 Å². The van der Waals surface area contributed by atoms with Crippen LogP contribution in [0.15, 0.2) is 12.3 Å². The molecule has 0 saturated carbocycles. The largest absolute Gasteiger partial charge is 0.373 e. The highest BCUT2D eigenvalue weighted by Gasteiger charge is 2.40. The van der Waals surface area contributed by atoms with Crippen LogP contribution in [0.2, 0.25) is 0 Å². The first-order valence-electron chi connectivity index (χ1n) is 5.52. The fourth-order valence-electron chi connectivity index (χ4n) is 2.51. The van der Waals surface area contributed by atoms with Crippen LogP contribution in [-0.4, -0.2) is 28.4 Å². The Kier molecular flexibility index (Phi) is 2.09. The summed E-state index contributed by atoms with van der Waals surface area (Å²) >= 11 is 0. The SMILES string of the molecule is Cc1cnnc(NC2CC3CCC2O3)c1. The second kappa shape index (κ2) is 3.45. The Morgan fingerprint density at radius 3 is 3.07 bits per heavy atom. The minimum absolute atomic E-state index is 0.386. The van der Waals surface area contributed by atoms with E-state index in [9.17, 15) is 0 Å². The Morgan fingerprint density at radius 1 is 1.47 bits per heavy atom. The van der Waals surface area contributed by atoms with Crippen LogP contribution in [0.1, 0.15) is 24.8 Å². The zero-order valence-corrected chi connectivity index (χ0v) is 8.81. The lowest BCUT2D eigenvalue weighted by atomic mass is 9.95. The van der Waals surface area contributed by atoms with Crippen molar-refractivity contribution in [3.05, 3.63) is 17.8 Å². The van der Waals surface area contributed by atoms with E-state index in [4.69, 9.17) is 4.74 Å². The third kappa shape index (κ3) is 1.69. The maximum atomic E-state index is 5.78. The summed E-state index contributed by atoms with van der Waals surface area (Å²) in [6.07, 6.45) is 6.15. The molecule has 0 aliphatic carbocycles. The van der Waals surface area contributed by atoms with Crippen molar-refractivity contribution in [3.8, 4) is 0 Å². The molecule has 80 valence electrons. The Morgan fingerprint density at radius 2 is 2.40 bits per heavy atom. The molecule has 3 unspecified atom stereocenters. The van der Waals surface area contributed by atoms with Crippen LogP contribution >= 0.6 is 0 Å². The standard InChI is InChI=1S/C11H15N3O/c1-7-4-11(14-12-6-7)13-9-5-8-2-3-10(9)15-8/h4,6,8-10H,2-3,5H2,1H3,(H,13,14). The van der Waals surface area contributed by atoms with Crippen molar-refractivity contribution in [3.63, 3.8) is 0 Å². The van der Waals surface area contributed by atoms with E-state index in [1.807, 2.05) is 13.0 Å². The molecule has 1 N–H and O–H groups in total. The zero-order valence-electron chi connectivity index (χ0n) is 8.81. The number of rotatable bonds is 2. The summed E-state index contributed by atoms with van der Waals surface area (Å²) in [4.78, 5) is 0. The van der Waals surface area contributed by atoms with Crippen molar-refractivity contribution >= 4 is 5.82 Å². The van der Waals surface area contributed by atoms with Gasteiger partial charge in [-0.05, 0) is 37.8 Å². The first kappa shape index (κ1) is 9.09. The molecule has 3 heterocycles. The first-order chi connectivity index (χ1) is 7.31. The van der Waals surface area contributed by atoms with Crippen molar-refractivity contribution in [2.24, 2.45) is 0 Å². The molecular weight excluding hydrogens is 190 g/mol. The summed E-state index contributed by atoms with van der Waals surface area (Å²) in [6, 6.07) is 2.46. The molecule has 3 rings (SSSR count). The predicted octanol–water partition coefficient (Wildman–Crippen LogP) is 1.52. The van der Waals surface area contributed by atoms with Crippen molar-refractivity contribution in [2.75, 3.05) is 5.32 Å². The summed E-state index contributed by atoms with van der Waals surface area (Å²) in [7, 11) is 0. The predicted molar refractivity (Wildman–Crippen MR) is 56.7 cm³/mol. The molecule has 4 heteroatoms. The summed E-state index contributed by atoms with van der Waals surface area (Å²) in [6.45, 7) is 2.02. The highest BCUT2D eigenvalue weighted by molar-refractivity contribution is 5.37. The summed E-state index contributed by atoms with van der Waals surface area (Å²) < 4.78 is 5.78. The molecule has 0 aromatic carbocycles. The normalized spacial score (nSPS) is 33.3. The lowest BCUT2D eigenvalue weighted by Gasteiger charge is -2.20. The lowest BCUT2D eigenvalue weighted by molar-refractivity contribution is 0.102. The average Bonchev–Trinajstić information content (AvgIpc) is 2.79. The van der Waals surface area contributed by atoms with Crippen LogP contribution in [0.4, 0.5) is 5.82 Å². The van der Waals surface area contributed by atoms with Gasteiger partial charge in [-0.15, -0.1) is 5.10 Å². The van der Waals surface area contributed by atoms with Gasteiger partial charge in [0.1, 0.15) is 5.82 Å². The van der Waals surface area contributed by atoms with E-state index in [-0.39, 0.29) is 0 Å². The highest BCUT2D eigenvalue weighted by atomic mass is 16.5. The van der Waals surface area contributed by atoms with Gasteiger partial charge in [-0.1, -0.05) is 0 Å². The van der Waals surface area contributed by atoms with Crippen molar-refractivity contribution < 1.29 is 4.74 Å². The Balaban J connectivity index is 1.71. The van der Waals surface area contributed by atoms with Crippen LogP contribution in [0, 0.1) is 6.92 Å². The molecule has 1 aromatic heterocycles. The van der Waals surface area contributed by atoms with Crippen LogP contribution in [0.5, 0.6) is 0 Å². The van der Waals surface area contributed by atoms with Gasteiger partial charge in [0.2, 0.25) is 0 Å². The number of anilines is 1. The Labute approximate surface area is 89.0 Å². The van der Waals surface area contributed by atoms with Gasteiger partial charge in [0.15, 0.2) is 0 Å². The molecule has 4 nitrogen and oxygen atoms in total. The number of aromatic nitrogens is 2. The summed E-state index contributed by atoms with van der Waals surface area (Å²) in [5, 5.41) is 11.4. The number of hydrogen-bond donors (Lipinski definition) is 1. The van der Waals surface area contributed by atoms with E-state index < -0.39 is 0 Å². The van der Waals surface area contributed by atoms with Crippen molar-refractivity contribution in [1.29, 1.82) is 0 Å². The Hall–Kier alpha value is -1.16. The third-order valence-electron chi connectivity index (χ3n) is 3.23. The molecule has 0 amide bonds. The maximum Gasteiger partial charge on any atom is 0.149 e. The molecule has 2 aliphatic heterocycles. The van der Waals surface area contributed by atoms with E-state index in [1.54, 1.807) is 6.20 Å². The van der Waals surface area contributed by atoms with E-state index in [1.165, 1.54) is 12.8 Å². The van der Waals surface area contributed by atoms with Crippen LogP contribution in [0.3, 0.4) is 0 Å². The molecule has 3 atom stereocenters. The topological polar surface area (TPSA) is 47.0 Å². The number of nitrogens with one attached hydrogen (secondary N) is 1. The molecular formula is C11H15N3O. The van der Waals surface area contributed by atoms with Gasteiger partial charge < -0.3 is 10.1 Å². The quantitative estimate of drug-likeness (QED) is 0.795. The van der Waals surface area contributed by atoms with Gasteiger partial charge in [0, 0.05) is 0 Å². The second-order valence-corrected chi connectivity index (χ2v) is 4.48. The maximum absolute atomic E-state index is 5.78. The van der Waals surface area contributed by atoms with Crippen LogP contribution < -0.4 is 5.32 Å². The fraction of sp³-hybridized carbons (Fsp3) is 0.636. The van der Waals surface area contributed by atoms with Gasteiger partial charge in [-0.3, -0.25) is 0 Å². The number of hydrogen-bond acceptors (Lipinski definition) is 4. The van der Waals surface area contributed by atoms with E-state index >= 15 is 0 Å². The molecule has 2 bridgehead atoms. The average molecular weight is 205 g/mol. The van der Waals surface area contributed by atoms with E-state index in [2.05, 4.69) is 15.5 Å². The van der Waals surface area contributed by atoms with Gasteiger partial charge in [0.25, 0.3) is 0 Å². The monoisotopic (exact) mass is 205 g/mol. The molecule has 2 aliphatic rings. The smallest absolute Gasteiger partial charge is 0.149 e. The number of nitrogens with zero attached hydrogens (tertiary/aromatic N) is 2. The number of fused-ring (bicyclic) bond motifs is 2. The third-order valence-corrected chi connectivity index (χ3v) is 3.23. The molecule has 1 aromatic rings. The minimum Gasteiger partial charge on any atom is -0.373 e. The highest BCUT2D eigenvalue weighted by Crippen LogP contribution is 2.35. The fourth-order valence-corrected chi connectivity index (χ4v) is 2.51. The van der Waals surface area contributed by atoms with Crippen molar-refractivity contribution in [1.82, 2.24) is 10.2 Å². The number of aryl methyl sites for hydroxylation is 1. The summed E-state index contributed by atoms with van der Waals surface area (Å²) in [5.41, 5.74) is 1.14. The molecule has 15 heavy (non-hydrogen) atoms. The molecule has 2 fully saturated rings. The number of ether oxygens (including phenoxy) is 1. The van der Waals surface area contributed by atoms with Crippen LogP contribution in [-0.2, 0) is 4.74 Å². The lowest BCUT2D eigenvalue weighted by Crippen LogP contribution is -2.30. The van der Waals surface area contributed by atoms with Crippen molar-refractivity contribution in [2.45, 2.75) is 44.4 Å².